The van der Waals surface area contributed by atoms with E-state index in [0.29, 0.717) is 25.7 Å². The van der Waals surface area contributed by atoms with Crippen molar-refractivity contribution in [2.45, 2.75) is 111 Å². The summed E-state index contributed by atoms with van der Waals surface area (Å²) in [6, 6.07) is -0.866. The molecule has 8 heteroatoms. The van der Waals surface area contributed by atoms with E-state index >= 15 is 0 Å². The Morgan fingerprint density at radius 1 is 1.03 bits per heavy atom. The van der Waals surface area contributed by atoms with Crippen molar-refractivity contribution in [3.05, 3.63) is 0 Å². The summed E-state index contributed by atoms with van der Waals surface area (Å²) in [4.78, 5) is 48.4. The lowest BCUT2D eigenvalue weighted by atomic mass is 9.89. The van der Waals surface area contributed by atoms with E-state index in [-0.39, 0.29) is 36.6 Å². The third-order valence-corrected chi connectivity index (χ3v) is 4.66. The van der Waals surface area contributed by atoms with Gasteiger partial charge in [-0.3, -0.25) is 14.4 Å². The number of unbranched alkanes of at least 4 members (excludes halogenated alkanes) is 1. The fourth-order valence-corrected chi connectivity index (χ4v) is 2.97. The van der Waals surface area contributed by atoms with Crippen molar-refractivity contribution in [3.63, 3.8) is 0 Å². The zero-order valence-electron chi connectivity index (χ0n) is 20.2. The number of Topliss-reactive ketones (excluding diaryl/α,β-unsaturated/α-hetero) is 1. The molecule has 0 saturated carbocycles. The minimum atomic E-state index is -1.02. The Morgan fingerprint density at radius 3 is 2.13 bits per heavy atom. The Bertz CT molecular complexity index is 595. The highest BCUT2D eigenvalue weighted by Gasteiger charge is 2.29. The van der Waals surface area contributed by atoms with E-state index in [0.717, 1.165) is 6.42 Å². The molecule has 31 heavy (non-hydrogen) atoms. The second-order valence-corrected chi connectivity index (χ2v) is 9.49. The van der Waals surface area contributed by atoms with Crippen LogP contribution in [0.5, 0.6) is 0 Å². The molecule has 0 saturated heterocycles. The highest BCUT2D eigenvalue weighted by Crippen LogP contribution is 2.19. The normalized spacial score (nSPS) is 14.5. The van der Waals surface area contributed by atoms with Crippen LogP contribution in [-0.2, 0) is 23.9 Å². The second kappa shape index (κ2) is 14.0. The first-order chi connectivity index (χ1) is 14.2. The average Bonchev–Trinajstić information content (AvgIpc) is 2.61. The topological polar surface area (TPSA) is 119 Å². The third-order valence-electron chi connectivity index (χ3n) is 4.66. The lowest BCUT2D eigenvalue weighted by Crippen LogP contribution is -2.44. The largest absolute Gasteiger partial charge is 0.481 e. The van der Waals surface area contributed by atoms with E-state index in [4.69, 9.17) is 9.47 Å². The van der Waals surface area contributed by atoms with Crippen molar-refractivity contribution in [2.24, 2.45) is 11.8 Å². The maximum absolute atomic E-state index is 12.8. The Kier molecular flexibility index (Phi) is 13.1. The van der Waals surface area contributed by atoms with E-state index in [9.17, 15) is 24.3 Å². The Balaban J connectivity index is 4.98. The number of amides is 1. The standard InChI is InChI=1S/C23H41NO7/c1-8-16(4)30-20(26)12-10-9-11-18(24-22(29)31-23(5,6)7)19(25)14-17(21(27)28)13-15(2)3/h15-18H,8-14H2,1-7H3,(H,24,29)(H,27,28)/t16?,17-,18-/m0/s1. The molecule has 0 bridgehead atoms. The molecular weight excluding hydrogens is 402 g/mol. The van der Waals surface area contributed by atoms with E-state index in [1.54, 1.807) is 20.8 Å². The molecule has 0 aliphatic carbocycles. The highest BCUT2D eigenvalue weighted by molar-refractivity contribution is 5.90. The fourth-order valence-electron chi connectivity index (χ4n) is 2.97. The predicted octanol–water partition coefficient (Wildman–Crippen LogP) is 4.49. The van der Waals surface area contributed by atoms with Crippen LogP contribution in [0.25, 0.3) is 0 Å². The monoisotopic (exact) mass is 443 g/mol. The number of ketones is 1. The number of carboxylic acids is 1. The van der Waals surface area contributed by atoms with Gasteiger partial charge in [-0.25, -0.2) is 4.79 Å². The van der Waals surface area contributed by atoms with Crippen molar-refractivity contribution >= 4 is 23.8 Å². The number of nitrogens with one attached hydrogen (secondary N) is 1. The van der Waals surface area contributed by atoms with E-state index < -0.39 is 29.6 Å². The molecule has 0 radical (unpaired) electrons. The number of carbonyl (C=O) groups is 4. The Labute approximate surface area is 186 Å². The molecule has 0 aromatic carbocycles. The molecule has 0 heterocycles. The number of esters is 1. The quantitative estimate of drug-likeness (QED) is 0.300. The molecular formula is C23H41NO7. The van der Waals surface area contributed by atoms with Crippen molar-refractivity contribution in [3.8, 4) is 0 Å². The number of rotatable bonds is 14. The van der Waals surface area contributed by atoms with Gasteiger partial charge in [-0.1, -0.05) is 27.2 Å². The van der Waals surface area contributed by atoms with Crippen LogP contribution in [0, 0.1) is 11.8 Å². The van der Waals surface area contributed by atoms with Crippen molar-refractivity contribution in [1.29, 1.82) is 0 Å². The first-order valence-corrected chi connectivity index (χ1v) is 11.2. The molecule has 3 atom stereocenters. The van der Waals surface area contributed by atoms with Crippen LogP contribution in [0.1, 0.15) is 93.4 Å². The van der Waals surface area contributed by atoms with Gasteiger partial charge < -0.3 is 19.9 Å². The van der Waals surface area contributed by atoms with E-state index in [2.05, 4.69) is 5.32 Å². The lowest BCUT2D eigenvalue weighted by Gasteiger charge is -2.24. The first kappa shape index (κ1) is 28.9. The Morgan fingerprint density at radius 2 is 1.65 bits per heavy atom. The first-order valence-electron chi connectivity index (χ1n) is 11.2. The maximum atomic E-state index is 12.8. The van der Waals surface area contributed by atoms with Crippen LogP contribution in [0.2, 0.25) is 0 Å². The number of carbonyl (C=O) groups excluding carboxylic acids is 3. The SMILES string of the molecule is CCC(C)OC(=O)CCCC[C@H](NC(=O)OC(C)(C)C)C(=O)C[C@H](CC(C)C)C(=O)O. The van der Waals surface area contributed by atoms with E-state index in [1.165, 1.54) is 0 Å². The van der Waals surface area contributed by atoms with Gasteiger partial charge in [-0.05, 0) is 59.3 Å². The van der Waals surface area contributed by atoms with Crippen LogP contribution in [0.15, 0.2) is 0 Å². The molecule has 0 aliphatic heterocycles. The van der Waals surface area contributed by atoms with Gasteiger partial charge in [-0.15, -0.1) is 0 Å². The van der Waals surface area contributed by atoms with Gasteiger partial charge >= 0.3 is 18.0 Å². The van der Waals surface area contributed by atoms with Gasteiger partial charge in [0.15, 0.2) is 5.78 Å². The Hall–Kier alpha value is -2.12. The van der Waals surface area contributed by atoms with Gasteiger partial charge in [0.1, 0.15) is 5.60 Å². The summed E-state index contributed by atoms with van der Waals surface area (Å²) >= 11 is 0. The summed E-state index contributed by atoms with van der Waals surface area (Å²) in [5.74, 6) is -2.34. The van der Waals surface area contributed by atoms with Gasteiger partial charge in [0.25, 0.3) is 0 Å². The number of hydrogen-bond acceptors (Lipinski definition) is 6. The summed E-state index contributed by atoms with van der Waals surface area (Å²) in [5, 5.41) is 12.0. The van der Waals surface area contributed by atoms with Crippen LogP contribution in [-0.4, -0.2) is 46.7 Å². The summed E-state index contributed by atoms with van der Waals surface area (Å²) in [7, 11) is 0. The molecule has 0 aromatic rings. The average molecular weight is 444 g/mol. The van der Waals surface area contributed by atoms with Gasteiger partial charge in [0.05, 0.1) is 18.1 Å². The van der Waals surface area contributed by atoms with Crippen molar-refractivity contribution < 1.29 is 33.8 Å². The summed E-state index contributed by atoms with van der Waals surface area (Å²) in [5.41, 5.74) is -0.724. The number of ether oxygens (including phenoxy) is 2. The number of aliphatic carboxylic acids is 1. The molecule has 0 rings (SSSR count). The highest BCUT2D eigenvalue weighted by atomic mass is 16.6. The van der Waals surface area contributed by atoms with Crippen LogP contribution >= 0.6 is 0 Å². The molecule has 2 N–H and O–H groups in total. The second-order valence-electron chi connectivity index (χ2n) is 9.49. The lowest BCUT2D eigenvalue weighted by molar-refractivity contribution is -0.148. The smallest absolute Gasteiger partial charge is 0.408 e. The van der Waals surface area contributed by atoms with E-state index in [1.807, 2.05) is 27.7 Å². The summed E-state index contributed by atoms with van der Waals surface area (Å²) in [6.07, 6.45) is 1.62. The van der Waals surface area contributed by atoms with Gasteiger partial charge in [-0.2, -0.15) is 0 Å². The number of carboxylic acid groups (broad SMARTS) is 1. The minimum Gasteiger partial charge on any atom is -0.481 e. The summed E-state index contributed by atoms with van der Waals surface area (Å²) < 4.78 is 10.5. The van der Waals surface area contributed by atoms with Gasteiger partial charge in [0, 0.05) is 12.8 Å². The van der Waals surface area contributed by atoms with Crippen LogP contribution in [0.3, 0.4) is 0 Å². The zero-order chi connectivity index (χ0) is 24.2. The molecule has 180 valence electrons. The maximum Gasteiger partial charge on any atom is 0.408 e. The van der Waals surface area contributed by atoms with Crippen LogP contribution in [0.4, 0.5) is 4.79 Å². The van der Waals surface area contributed by atoms with Crippen LogP contribution < -0.4 is 5.32 Å². The van der Waals surface area contributed by atoms with Crippen molar-refractivity contribution in [1.82, 2.24) is 5.32 Å². The number of hydrogen-bond donors (Lipinski definition) is 2. The molecule has 8 nitrogen and oxygen atoms in total. The predicted molar refractivity (Wildman–Crippen MR) is 118 cm³/mol. The third kappa shape index (κ3) is 14.5. The molecule has 1 amide bonds. The molecule has 0 spiro atoms. The number of alkyl carbamates (subject to hydrolysis) is 1. The fraction of sp³-hybridized carbons (Fsp3) is 0.826. The van der Waals surface area contributed by atoms with Crippen molar-refractivity contribution in [2.75, 3.05) is 0 Å². The summed E-state index contributed by atoms with van der Waals surface area (Å²) in [6.45, 7) is 12.7. The zero-order valence-corrected chi connectivity index (χ0v) is 20.2. The molecule has 0 aliphatic rings. The van der Waals surface area contributed by atoms with Gasteiger partial charge in [0.2, 0.25) is 0 Å². The molecule has 0 aromatic heterocycles. The molecule has 0 fully saturated rings. The minimum absolute atomic E-state index is 0.127. The molecule has 1 unspecified atom stereocenters.